The van der Waals surface area contributed by atoms with Crippen LogP contribution in [0.1, 0.15) is 30.9 Å². The molecule has 1 aliphatic heterocycles. The van der Waals surface area contributed by atoms with Gasteiger partial charge in [-0.3, -0.25) is 0 Å². The highest BCUT2D eigenvalue weighted by Gasteiger charge is 2.20. The van der Waals surface area contributed by atoms with Crippen LogP contribution in [0.4, 0.5) is 4.39 Å². The lowest BCUT2D eigenvalue weighted by Gasteiger charge is -2.32. The van der Waals surface area contributed by atoms with Crippen LogP contribution < -0.4 is 0 Å². The molecular weight excluding hydrogens is 245 g/mol. The van der Waals surface area contributed by atoms with Gasteiger partial charge in [-0.25, -0.2) is 4.39 Å². The van der Waals surface area contributed by atoms with Gasteiger partial charge in [0.15, 0.2) is 0 Å². The van der Waals surface area contributed by atoms with E-state index in [1.807, 2.05) is 0 Å². The molecule has 0 saturated carbocycles. The van der Waals surface area contributed by atoms with Gasteiger partial charge >= 0.3 is 0 Å². The van der Waals surface area contributed by atoms with Crippen LogP contribution in [0.5, 0.6) is 0 Å². The fourth-order valence-corrected chi connectivity index (χ4v) is 2.71. The first-order valence-corrected chi connectivity index (χ1v) is 6.96. The van der Waals surface area contributed by atoms with Crippen molar-refractivity contribution in [3.05, 3.63) is 35.6 Å². The van der Waals surface area contributed by atoms with E-state index < -0.39 is 6.10 Å². The number of nitrogens with zero attached hydrogens (tertiary/aromatic N) is 1. The molecule has 1 saturated heterocycles. The fourth-order valence-electron chi connectivity index (χ4n) is 2.71. The van der Waals surface area contributed by atoms with E-state index in [1.54, 1.807) is 18.2 Å². The van der Waals surface area contributed by atoms with E-state index in [4.69, 9.17) is 0 Å². The molecule has 1 aromatic carbocycles. The first-order valence-electron chi connectivity index (χ1n) is 6.96. The third kappa shape index (κ3) is 4.00. The molecule has 19 heavy (non-hydrogen) atoms. The second kappa shape index (κ2) is 6.98. The summed E-state index contributed by atoms with van der Waals surface area (Å²) < 4.78 is 13.5. The maximum Gasteiger partial charge on any atom is 0.128 e. The van der Waals surface area contributed by atoms with E-state index in [1.165, 1.54) is 6.07 Å². The predicted octanol–water partition coefficient (Wildman–Crippen LogP) is 1.95. The summed E-state index contributed by atoms with van der Waals surface area (Å²) in [7, 11) is 0. The van der Waals surface area contributed by atoms with Gasteiger partial charge in [-0.1, -0.05) is 18.2 Å². The number of aliphatic hydroxyl groups excluding tert-OH is 2. The van der Waals surface area contributed by atoms with E-state index >= 15 is 0 Å². The zero-order valence-electron chi connectivity index (χ0n) is 11.1. The minimum atomic E-state index is -0.754. The molecule has 0 spiro atoms. The summed E-state index contributed by atoms with van der Waals surface area (Å²) in [5.74, 6) is 0.00114. The summed E-state index contributed by atoms with van der Waals surface area (Å²) in [5.41, 5.74) is 0.373. The number of halogens is 1. The molecule has 0 amide bonds. The van der Waals surface area contributed by atoms with Crippen molar-refractivity contribution in [1.29, 1.82) is 0 Å². The Bertz CT molecular complexity index is 399. The van der Waals surface area contributed by atoms with Crippen molar-refractivity contribution in [1.82, 2.24) is 4.90 Å². The SMILES string of the molecule is OCC1CCCN(CCC(O)c2ccccc2F)C1. The number of piperidine rings is 1. The number of hydrogen-bond acceptors (Lipinski definition) is 3. The van der Waals surface area contributed by atoms with Crippen LogP contribution in [0.15, 0.2) is 24.3 Å². The molecule has 3 nitrogen and oxygen atoms in total. The van der Waals surface area contributed by atoms with Crippen molar-refractivity contribution < 1.29 is 14.6 Å². The number of aliphatic hydroxyl groups is 2. The van der Waals surface area contributed by atoms with Gasteiger partial charge in [0.1, 0.15) is 5.82 Å². The van der Waals surface area contributed by atoms with Gasteiger partial charge in [0.25, 0.3) is 0 Å². The average Bonchev–Trinajstić information content (AvgIpc) is 2.45. The molecule has 0 aromatic heterocycles. The van der Waals surface area contributed by atoms with Crippen LogP contribution in [0.2, 0.25) is 0 Å². The van der Waals surface area contributed by atoms with E-state index in [0.29, 0.717) is 17.9 Å². The minimum absolute atomic E-state index is 0.229. The molecule has 1 heterocycles. The zero-order chi connectivity index (χ0) is 13.7. The monoisotopic (exact) mass is 267 g/mol. The molecule has 4 heteroatoms. The highest BCUT2D eigenvalue weighted by atomic mass is 19.1. The lowest BCUT2D eigenvalue weighted by molar-refractivity contribution is 0.0951. The number of benzene rings is 1. The summed E-state index contributed by atoms with van der Waals surface area (Å²) in [6, 6.07) is 6.38. The summed E-state index contributed by atoms with van der Waals surface area (Å²) in [6.45, 7) is 2.85. The van der Waals surface area contributed by atoms with Crippen LogP contribution in [-0.2, 0) is 0 Å². The van der Waals surface area contributed by atoms with E-state index in [0.717, 1.165) is 32.5 Å². The second-order valence-electron chi connectivity index (χ2n) is 5.32. The molecule has 2 N–H and O–H groups in total. The van der Waals surface area contributed by atoms with Gasteiger partial charge in [0.05, 0.1) is 6.10 Å². The Balaban J connectivity index is 1.83. The fraction of sp³-hybridized carbons (Fsp3) is 0.600. The van der Waals surface area contributed by atoms with E-state index in [-0.39, 0.29) is 12.4 Å². The molecule has 2 unspecified atom stereocenters. The maximum atomic E-state index is 13.5. The van der Waals surface area contributed by atoms with E-state index in [9.17, 15) is 14.6 Å². The Kier molecular flexibility index (Phi) is 5.31. The Hall–Kier alpha value is -0.970. The first kappa shape index (κ1) is 14.4. The highest BCUT2D eigenvalue weighted by molar-refractivity contribution is 5.19. The molecule has 0 aliphatic carbocycles. The normalized spacial score (nSPS) is 22.4. The third-order valence-corrected chi connectivity index (χ3v) is 3.84. The molecule has 1 aromatic rings. The summed E-state index contributed by atoms with van der Waals surface area (Å²) in [4.78, 5) is 2.24. The first-order chi connectivity index (χ1) is 9.20. The Morgan fingerprint density at radius 3 is 2.89 bits per heavy atom. The van der Waals surface area contributed by atoms with Crippen LogP contribution >= 0.6 is 0 Å². The quantitative estimate of drug-likeness (QED) is 0.857. The van der Waals surface area contributed by atoms with Crippen molar-refractivity contribution in [2.75, 3.05) is 26.2 Å². The van der Waals surface area contributed by atoms with Crippen LogP contribution in [0, 0.1) is 11.7 Å². The molecule has 0 bridgehead atoms. The minimum Gasteiger partial charge on any atom is -0.396 e. The van der Waals surface area contributed by atoms with Crippen molar-refractivity contribution in [3.63, 3.8) is 0 Å². The van der Waals surface area contributed by atoms with Crippen LogP contribution in [-0.4, -0.2) is 41.4 Å². The second-order valence-corrected chi connectivity index (χ2v) is 5.32. The molecule has 1 aliphatic rings. The molecule has 1 fully saturated rings. The van der Waals surface area contributed by atoms with Gasteiger partial charge < -0.3 is 15.1 Å². The lowest BCUT2D eigenvalue weighted by atomic mass is 9.98. The largest absolute Gasteiger partial charge is 0.396 e. The third-order valence-electron chi connectivity index (χ3n) is 3.84. The van der Waals surface area contributed by atoms with Crippen molar-refractivity contribution >= 4 is 0 Å². The molecule has 2 rings (SSSR count). The smallest absolute Gasteiger partial charge is 0.128 e. The number of rotatable bonds is 5. The Labute approximate surface area is 113 Å². The summed E-state index contributed by atoms with van der Waals surface area (Å²) >= 11 is 0. The topological polar surface area (TPSA) is 43.7 Å². The highest BCUT2D eigenvalue weighted by Crippen LogP contribution is 2.22. The van der Waals surface area contributed by atoms with Gasteiger partial charge in [-0.05, 0) is 37.8 Å². The number of likely N-dealkylation sites (tertiary alicyclic amines) is 1. The molecule has 106 valence electrons. The van der Waals surface area contributed by atoms with Crippen LogP contribution in [0.3, 0.4) is 0 Å². The Morgan fingerprint density at radius 2 is 2.16 bits per heavy atom. The molecular formula is C15H22FNO2. The average molecular weight is 267 g/mol. The van der Waals surface area contributed by atoms with Gasteiger partial charge in [-0.15, -0.1) is 0 Å². The van der Waals surface area contributed by atoms with Crippen molar-refractivity contribution in [2.45, 2.75) is 25.4 Å². The molecule has 2 atom stereocenters. The maximum absolute atomic E-state index is 13.5. The predicted molar refractivity (Wildman–Crippen MR) is 72.2 cm³/mol. The number of hydrogen-bond donors (Lipinski definition) is 2. The zero-order valence-corrected chi connectivity index (χ0v) is 11.1. The van der Waals surface area contributed by atoms with E-state index in [2.05, 4.69) is 4.90 Å². The van der Waals surface area contributed by atoms with Crippen molar-refractivity contribution in [2.24, 2.45) is 5.92 Å². The lowest BCUT2D eigenvalue weighted by Crippen LogP contribution is -2.37. The van der Waals surface area contributed by atoms with Crippen molar-refractivity contribution in [3.8, 4) is 0 Å². The summed E-state index contributed by atoms with van der Waals surface area (Å²) in [6.07, 6.45) is 1.93. The van der Waals surface area contributed by atoms with Gasteiger partial charge in [-0.2, -0.15) is 0 Å². The summed E-state index contributed by atoms with van der Waals surface area (Å²) in [5, 5.41) is 19.2. The van der Waals surface area contributed by atoms with Gasteiger partial charge in [0, 0.05) is 25.3 Å². The van der Waals surface area contributed by atoms with Gasteiger partial charge in [0.2, 0.25) is 0 Å². The Morgan fingerprint density at radius 1 is 1.37 bits per heavy atom. The standard InChI is InChI=1S/C15H22FNO2/c16-14-6-2-1-5-13(14)15(19)7-9-17-8-3-4-12(10-17)11-18/h1-2,5-6,12,15,18-19H,3-4,7-11H2. The molecule has 0 radical (unpaired) electrons. The van der Waals surface area contributed by atoms with Crippen LogP contribution in [0.25, 0.3) is 0 Å².